The fourth-order valence-electron chi connectivity index (χ4n) is 3.15. The van der Waals surface area contributed by atoms with Gasteiger partial charge in [-0.25, -0.2) is 4.98 Å². The van der Waals surface area contributed by atoms with Crippen LogP contribution in [0.25, 0.3) is 10.9 Å². The molecule has 4 rings (SSSR count). The lowest BCUT2D eigenvalue weighted by Crippen LogP contribution is -2.31. The van der Waals surface area contributed by atoms with Crippen molar-refractivity contribution < 1.29 is 4.52 Å². The second-order valence-electron chi connectivity index (χ2n) is 5.95. The van der Waals surface area contributed by atoms with Gasteiger partial charge in [0.1, 0.15) is 12.1 Å². The highest BCUT2D eigenvalue weighted by Crippen LogP contribution is 2.26. The van der Waals surface area contributed by atoms with Crippen LogP contribution in [0.2, 0.25) is 0 Å². The van der Waals surface area contributed by atoms with Gasteiger partial charge in [-0.05, 0) is 31.4 Å². The number of benzene rings is 1. The number of para-hydroxylation sites is 1. The summed E-state index contributed by atoms with van der Waals surface area (Å²) in [5, 5.41) is 8.40. The molecule has 23 heavy (non-hydrogen) atoms. The Morgan fingerprint density at radius 2 is 1.96 bits per heavy atom. The van der Waals surface area contributed by atoms with Gasteiger partial charge in [0.25, 0.3) is 0 Å². The Hall–Kier alpha value is -2.56. The molecule has 1 fully saturated rings. The maximum absolute atomic E-state index is 4.94. The summed E-state index contributed by atoms with van der Waals surface area (Å²) in [5.41, 5.74) is 2.26. The first-order valence-corrected chi connectivity index (χ1v) is 8.18. The molecular formula is C18H20N4O. The van der Waals surface area contributed by atoms with E-state index in [1.54, 1.807) is 6.26 Å². The molecule has 3 heterocycles. The number of nitrogens with zero attached hydrogens (tertiary/aromatic N) is 3. The highest BCUT2D eigenvalue weighted by Gasteiger charge is 2.17. The van der Waals surface area contributed by atoms with Crippen LogP contribution in [0.15, 0.2) is 47.2 Å². The van der Waals surface area contributed by atoms with Gasteiger partial charge in [0, 0.05) is 36.7 Å². The number of rotatable bonds is 4. The molecular weight excluding hydrogens is 288 g/mol. The number of fused-ring (bicyclic) bond motifs is 1. The number of hydrogen-bond donors (Lipinski definition) is 1. The van der Waals surface area contributed by atoms with Gasteiger partial charge in [-0.1, -0.05) is 23.4 Å². The molecule has 0 unspecified atom stereocenters. The number of nitrogens with one attached hydrogen (secondary N) is 1. The molecule has 0 bridgehead atoms. The number of aromatic nitrogens is 2. The first kappa shape index (κ1) is 14.1. The second kappa shape index (κ2) is 6.28. The van der Waals surface area contributed by atoms with Crippen LogP contribution in [0.4, 0.5) is 11.6 Å². The highest BCUT2D eigenvalue weighted by atomic mass is 16.5. The van der Waals surface area contributed by atoms with Gasteiger partial charge in [0.15, 0.2) is 5.82 Å². The van der Waals surface area contributed by atoms with Crippen molar-refractivity contribution in [1.82, 2.24) is 10.1 Å². The summed E-state index contributed by atoms with van der Waals surface area (Å²) in [6, 6.07) is 12.4. The van der Waals surface area contributed by atoms with Crippen LogP contribution in [-0.2, 0) is 6.54 Å². The maximum atomic E-state index is 4.94. The van der Waals surface area contributed by atoms with Crippen LogP contribution >= 0.6 is 0 Å². The first-order chi connectivity index (χ1) is 11.4. The van der Waals surface area contributed by atoms with Gasteiger partial charge in [0.2, 0.25) is 0 Å². The smallest absolute Gasteiger partial charge is 0.169 e. The molecule has 0 atom stereocenters. The van der Waals surface area contributed by atoms with E-state index in [1.165, 1.54) is 30.2 Å². The zero-order valence-corrected chi connectivity index (χ0v) is 13.0. The molecule has 0 saturated carbocycles. The van der Waals surface area contributed by atoms with Gasteiger partial charge in [-0.15, -0.1) is 0 Å². The summed E-state index contributed by atoms with van der Waals surface area (Å²) >= 11 is 0. The minimum absolute atomic E-state index is 0.691. The summed E-state index contributed by atoms with van der Waals surface area (Å²) < 4.78 is 4.88. The number of hydrogen-bond acceptors (Lipinski definition) is 5. The molecule has 0 amide bonds. The van der Waals surface area contributed by atoms with Gasteiger partial charge < -0.3 is 14.7 Å². The first-order valence-electron chi connectivity index (χ1n) is 8.18. The summed E-state index contributed by atoms with van der Waals surface area (Å²) in [6.45, 7) is 2.86. The van der Waals surface area contributed by atoms with E-state index < -0.39 is 0 Å². The predicted molar refractivity (Wildman–Crippen MR) is 91.6 cm³/mol. The average molecular weight is 308 g/mol. The minimum Gasteiger partial charge on any atom is -0.363 e. The van der Waals surface area contributed by atoms with Gasteiger partial charge in [-0.2, -0.15) is 0 Å². The Kier molecular flexibility index (Phi) is 3.84. The third-order valence-electron chi connectivity index (χ3n) is 4.33. The Morgan fingerprint density at radius 1 is 1.09 bits per heavy atom. The Labute approximate surface area is 135 Å². The molecule has 1 N–H and O–H groups in total. The van der Waals surface area contributed by atoms with Crippen LogP contribution < -0.4 is 10.2 Å². The molecule has 0 spiro atoms. The molecule has 1 aliphatic rings. The Morgan fingerprint density at radius 3 is 2.78 bits per heavy atom. The van der Waals surface area contributed by atoms with E-state index in [2.05, 4.69) is 39.6 Å². The molecule has 1 saturated heterocycles. The van der Waals surface area contributed by atoms with Crippen LogP contribution in [-0.4, -0.2) is 23.2 Å². The largest absolute Gasteiger partial charge is 0.363 e. The van der Waals surface area contributed by atoms with E-state index in [9.17, 15) is 0 Å². The quantitative estimate of drug-likeness (QED) is 0.794. The molecule has 1 aliphatic heterocycles. The van der Waals surface area contributed by atoms with Crippen LogP contribution in [0.3, 0.4) is 0 Å². The van der Waals surface area contributed by atoms with E-state index in [1.807, 2.05) is 12.1 Å². The van der Waals surface area contributed by atoms with Crippen LogP contribution in [0.5, 0.6) is 0 Å². The van der Waals surface area contributed by atoms with E-state index in [0.29, 0.717) is 6.54 Å². The SMILES string of the molecule is c1ccc2nc(N3CCCCC3)c(CNc3ccon3)cc2c1. The third-order valence-corrected chi connectivity index (χ3v) is 4.33. The second-order valence-corrected chi connectivity index (χ2v) is 5.95. The zero-order chi connectivity index (χ0) is 15.5. The Bertz CT molecular complexity index is 779. The molecule has 0 aliphatic carbocycles. The van der Waals surface area contributed by atoms with E-state index >= 15 is 0 Å². The molecule has 3 aromatic rings. The standard InChI is InChI=1S/C18H20N4O/c1-4-9-22(10-5-1)18-15(13-19-17-8-11-23-21-17)12-14-6-2-3-7-16(14)20-18/h2-3,6-8,11-12H,1,4-5,9-10,13H2,(H,19,21). The normalized spacial score (nSPS) is 15.0. The maximum Gasteiger partial charge on any atom is 0.169 e. The fourth-order valence-corrected chi connectivity index (χ4v) is 3.15. The van der Waals surface area contributed by atoms with Gasteiger partial charge in [-0.3, -0.25) is 0 Å². The van der Waals surface area contributed by atoms with Crippen molar-refractivity contribution in [1.29, 1.82) is 0 Å². The summed E-state index contributed by atoms with van der Waals surface area (Å²) in [5.74, 6) is 1.85. The van der Waals surface area contributed by atoms with Crippen molar-refractivity contribution in [2.24, 2.45) is 0 Å². The summed E-state index contributed by atoms with van der Waals surface area (Å²) in [6.07, 6.45) is 5.37. The van der Waals surface area contributed by atoms with Gasteiger partial charge >= 0.3 is 0 Å². The van der Waals surface area contributed by atoms with Crippen molar-refractivity contribution in [3.63, 3.8) is 0 Å². The van der Waals surface area contributed by atoms with Crippen LogP contribution in [0, 0.1) is 0 Å². The van der Waals surface area contributed by atoms with E-state index in [-0.39, 0.29) is 0 Å². The molecule has 118 valence electrons. The average Bonchev–Trinajstić information content (AvgIpc) is 3.13. The van der Waals surface area contributed by atoms with E-state index in [4.69, 9.17) is 9.51 Å². The van der Waals surface area contributed by atoms with Crippen molar-refractivity contribution in [3.05, 3.63) is 48.2 Å². The zero-order valence-electron chi connectivity index (χ0n) is 13.0. The molecule has 5 nitrogen and oxygen atoms in total. The summed E-state index contributed by atoms with van der Waals surface area (Å²) in [4.78, 5) is 7.35. The molecule has 2 aromatic heterocycles. The number of piperidine rings is 1. The van der Waals surface area contributed by atoms with Crippen molar-refractivity contribution in [2.45, 2.75) is 25.8 Å². The fraction of sp³-hybridized carbons (Fsp3) is 0.333. The molecule has 0 radical (unpaired) electrons. The number of anilines is 2. The lowest BCUT2D eigenvalue weighted by atomic mass is 10.1. The van der Waals surface area contributed by atoms with Gasteiger partial charge in [0.05, 0.1) is 5.52 Å². The lowest BCUT2D eigenvalue weighted by Gasteiger charge is -2.29. The highest BCUT2D eigenvalue weighted by molar-refractivity contribution is 5.82. The molecule has 1 aromatic carbocycles. The molecule has 5 heteroatoms. The van der Waals surface area contributed by atoms with Crippen LogP contribution in [0.1, 0.15) is 24.8 Å². The van der Waals surface area contributed by atoms with E-state index in [0.717, 1.165) is 30.2 Å². The monoisotopic (exact) mass is 308 g/mol. The third kappa shape index (κ3) is 2.99. The van der Waals surface area contributed by atoms with Crippen molar-refractivity contribution in [3.8, 4) is 0 Å². The summed E-state index contributed by atoms with van der Waals surface area (Å²) in [7, 11) is 0. The Balaban J connectivity index is 1.69. The predicted octanol–water partition coefficient (Wildman–Crippen LogP) is 3.83. The number of pyridine rings is 1. The topological polar surface area (TPSA) is 54.2 Å². The van der Waals surface area contributed by atoms with Crippen molar-refractivity contribution >= 4 is 22.5 Å². The van der Waals surface area contributed by atoms with Crippen molar-refractivity contribution in [2.75, 3.05) is 23.3 Å². The minimum atomic E-state index is 0.691. The lowest BCUT2D eigenvalue weighted by molar-refractivity contribution is 0.422.